The summed E-state index contributed by atoms with van der Waals surface area (Å²) in [5.41, 5.74) is 1.85. The monoisotopic (exact) mass is 908 g/mol. The van der Waals surface area contributed by atoms with Gasteiger partial charge in [-0.1, -0.05) is 30.3 Å². The third-order valence-electron chi connectivity index (χ3n) is 9.50. The number of aromatic nitrogens is 4. The van der Waals surface area contributed by atoms with Crippen LogP contribution in [0.25, 0.3) is 15.9 Å². The first-order chi connectivity index (χ1) is 30.3. The molecule has 0 aliphatic heterocycles. The molecule has 0 saturated heterocycles. The maximum atomic E-state index is 13.4. The second-order valence-corrected chi connectivity index (χ2v) is 18.4. The SMILES string of the molecule is COc1cc(F)ccc1S(=O)(=O)c1ccc(CNC(=O)c2cnc3nccn3c2)cc1.COc1cccc(S(=O)(=O)c2ccc(CNC(=O)c3cc4ccncc4s3)cc2)c1OC. The van der Waals surface area contributed by atoms with Crippen LogP contribution < -0.4 is 24.8 Å². The minimum Gasteiger partial charge on any atom is -0.495 e. The molecular weight excluding hydrogens is 872 g/mol. The summed E-state index contributed by atoms with van der Waals surface area (Å²) in [7, 11) is -3.59. The average molecular weight is 909 g/mol. The van der Waals surface area contributed by atoms with Gasteiger partial charge in [-0.25, -0.2) is 31.2 Å². The van der Waals surface area contributed by atoms with Crippen LogP contribution in [0.3, 0.4) is 0 Å². The first-order valence-electron chi connectivity index (χ1n) is 18.7. The Labute approximate surface area is 365 Å². The van der Waals surface area contributed by atoms with Crippen molar-refractivity contribution in [3.63, 3.8) is 0 Å². The highest BCUT2D eigenvalue weighted by atomic mass is 32.2. The normalized spacial score (nSPS) is 11.4. The Hall–Kier alpha value is -7.22. The molecule has 322 valence electrons. The number of fused-ring (bicyclic) bond motifs is 2. The number of ether oxygens (including phenoxy) is 3. The van der Waals surface area contributed by atoms with Crippen LogP contribution in [0.15, 0.2) is 154 Å². The minimum atomic E-state index is -3.90. The van der Waals surface area contributed by atoms with Crippen molar-refractivity contribution < 1.29 is 45.0 Å². The first-order valence-corrected chi connectivity index (χ1v) is 22.5. The molecule has 4 aromatic carbocycles. The number of benzene rings is 4. The fourth-order valence-electron chi connectivity index (χ4n) is 6.24. The molecule has 2 N–H and O–H groups in total. The van der Waals surface area contributed by atoms with E-state index in [2.05, 4.69) is 25.6 Å². The molecule has 2 amide bonds. The molecule has 19 heteroatoms. The van der Waals surface area contributed by atoms with Gasteiger partial charge in [-0.3, -0.25) is 19.0 Å². The molecule has 8 aromatic rings. The highest BCUT2D eigenvalue weighted by Gasteiger charge is 2.25. The van der Waals surface area contributed by atoms with E-state index in [-0.39, 0.29) is 56.0 Å². The molecule has 4 aromatic heterocycles. The number of halogens is 1. The number of para-hydroxylation sites is 1. The predicted octanol–water partition coefficient (Wildman–Crippen LogP) is 6.72. The Morgan fingerprint density at radius 3 is 1.98 bits per heavy atom. The fraction of sp³-hybridized carbons (Fsp3) is 0.114. The van der Waals surface area contributed by atoms with E-state index in [1.807, 2.05) is 12.1 Å². The maximum Gasteiger partial charge on any atom is 0.261 e. The molecule has 0 radical (unpaired) electrons. The lowest BCUT2D eigenvalue weighted by molar-refractivity contribution is 0.0944. The number of carbonyl (C=O) groups is 2. The highest BCUT2D eigenvalue weighted by Crippen LogP contribution is 2.37. The van der Waals surface area contributed by atoms with Gasteiger partial charge in [-0.05, 0) is 77.2 Å². The van der Waals surface area contributed by atoms with E-state index in [0.717, 1.165) is 27.8 Å². The van der Waals surface area contributed by atoms with Crippen molar-refractivity contribution in [2.45, 2.75) is 32.7 Å². The van der Waals surface area contributed by atoms with Gasteiger partial charge in [0.25, 0.3) is 11.8 Å². The highest BCUT2D eigenvalue weighted by molar-refractivity contribution is 7.92. The summed E-state index contributed by atoms with van der Waals surface area (Å²) in [6, 6.07) is 24.1. The van der Waals surface area contributed by atoms with Crippen molar-refractivity contribution in [2.75, 3.05) is 21.3 Å². The number of nitrogens with one attached hydrogen (secondary N) is 2. The molecule has 0 bridgehead atoms. The number of thiophene rings is 1. The molecule has 63 heavy (non-hydrogen) atoms. The summed E-state index contributed by atoms with van der Waals surface area (Å²) >= 11 is 1.37. The number of hydrogen-bond donors (Lipinski definition) is 2. The van der Waals surface area contributed by atoms with Gasteiger partial charge in [0.15, 0.2) is 11.5 Å². The predicted molar refractivity (Wildman–Crippen MR) is 231 cm³/mol. The van der Waals surface area contributed by atoms with Gasteiger partial charge in [0.05, 0.1) is 46.3 Å². The summed E-state index contributed by atoms with van der Waals surface area (Å²) in [6.45, 7) is 0.467. The second kappa shape index (κ2) is 18.8. The lowest BCUT2D eigenvalue weighted by atomic mass is 10.2. The molecule has 0 unspecified atom stereocenters. The van der Waals surface area contributed by atoms with Crippen molar-refractivity contribution in [3.05, 3.63) is 162 Å². The van der Waals surface area contributed by atoms with E-state index in [1.165, 1.54) is 75.3 Å². The molecule has 0 spiro atoms. The number of rotatable bonds is 13. The van der Waals surface area contributed by atoms with Crippen LogP contribution in [0, 0.1) is 5.82 Å². The summed E-state index contributed by atoms with van der Waals surface area (Å²) < 4.78 is 83.5. The molecule has 0 atom stereocenters. The van der Waals surface area contributed by atoms with Crippen LogP contribution >= 0.6 is 11.3 Å². The van der Waals surface area contributed by atoms with Crippen molar-refractivity contribution in [3.8, 4) is 17.2 Å². The quantitative estimate of drug-likeness (QED) is 0.116. The number of methoxy groups -OCH3 is 3. The summed E-state index contributed by atoms with van der Waals surface area (Å²) in [5.74, 6) is -0.190. The van der Waals surface area contributed by atoms with Gasteiger partial charge in [-0.15, -0.1) is 11.3 Å². The van der Waals surface area contributed by atoms with E-state index < -0.39 is 25.5 Å². The van der Waals surface area contributed by atoms with Crippen LogP contribution in [0.2, 0.25) is 0 Å². The van der Waals surface area contributed by atoms with E-state index in [0.29, 0.717) is 27.5 Å². The zero-order valence-corrected chi connectivity index (χ0v) is 36.1. The third kappa shape index (κ3) is 9.65. The van der Waals surface area contributed by atoms with Gasteiger partial charge < -0.3 is 24.8 Å². The largest absolute Gasteiger partial charge is 0.495 e. The molecule has 8 rings (SSSR count). The maximum absolute atomic E-state index is 13.4. The first kappa shape index (κ1) is 43.9. The number of imidazole rings is 1. The zero-order chi connectivity index (χ0) is 44.7. The number of carbonyl (C=O) groups excluding carboxylic acids is 2. The van der Waals surface area contributed by atoms with Gasteiger partial charge in [0.1, 0.15) is 21.4 Å². The molecule has 0 aliphatic rings. The van der Waals surface area contributed by atoms with E-state index in [9.17, 15) is 30.8 Å². The van der Waals surface area contributed by atoms with Crippen LogP contribution in [-0.2, 0) is 32.8 Å². The molecule has 4 heterocycles. The Morgan fingerprint density at radius 2 is 1.35 bits per heavy atom. The number of hydrogen-bond acceptors (Lipinski definition) is 13. The summed E-state index contributed by atoms with van der Waals surface area (Å²) in [4.78, 5) is 37.7. The zero-order valence-electron chi connectivity index (χ0n) is 33.7. The van der Waals surface area contributed by atoms with E-state index in [1.54, 1.807) is 71.8 Å². The number of nitrogens with zero attached hydrogens (tertiary/aromatic N) is 4. The Morgan fingerprint density at radius 1 is 0.698 bits per heavy atom. The van der Waals surface area contributed by atoms with Crippen LogP contribution in [0.5, 0.6) is 17.2 Å². The third-order valence-corrected chi connectivity index (χ3v) is 14.2. The lowest BCUT2D eigenvalue weighted by Gasteiger charge is -2.13. The standard InChI is InChI=1S/C23H20N2O5S2.C21H17FN4O4S/c1-29-18-4-3-5-21(22(18)30-2)32(27,28)17-8-6-15(7-9-17)13-25-23(26)19-12-16-10-11-24-14-20(16)31-19;1-30-18-10-16(22)4-7-19(18)31(28,29)17-5-2-14(3-6-17)11-24-20(27)15-12-25-21-23-8-9-26(21)13-15/h3-12,14H,13H2,1-2H3,(H,25,26);2-10,12-13H,11H2,1H3,(H,24,27). The van der Waals surface area contributed by atoms with Crippen LogP contribution in [0.1, 0.15) is 31.2 Å². The second-order valence-electron chi connectivity index (χ2n) is 13.4. The fourth-order valence-corrected chi connectivity index (χ4v) is 10.0. The van der Waals surface area contributed by atoms with Crippen LogP contribution in [0.4, 0.5) is 4.39 Å². The van der Waals surface area contributed by atoms with Gasteiger partial charge in [0, 0.05) is 56.3 Å². The van der Waals surface area contributed by atoms with Gasteiger partial charge in [-0.2, -0.15) is 0 Å². The smallest absolute Gasteiger partial charge is 0.261 e. The Kier molecular flexibility index (Phi) is 13.1. The molecule has 0 saturated carbocycles. The number of amides is 2. The lowest BCUT2D eigenvalue weighted by Crippen LogP contribution is -2.23. The van der Waals surface area contributed by atoms with Gasteiger partial charge in [0.2, 0.25) is 25.5 Å². The van der Waals surface area contributed by atoms with Crippen LogP contribution in [-0.4, -0.2) is 69.3 Å². The summed E-state index contributed by atoms with van der Waals surface area (Å²) in [5, 5.41) is 6.60. The van der Waals surface area contributed by atoms with Crippen molar-refractivity contribution in [2.24, 2.45) is 0 Å². The molecule has 15 nitrogen and oxygen atoms in total. The average Bonchev–Trinajstić information content (AvgIpc) is 3.97. The van der Waals surface area contributed by atoms with E-state index in [4.69, 9.17) is 14.2 Å². The molecule has 0 fully saturated rings. The molecular formula is C44H37FN6O9S3. The minimum absolute atomic E-state index is 0.0275. The Balaban J connectivity index is 0.000000189. The number of sulfone groups is 2. The summed E-state index contributed by atoms with van der Waals surface area (Å²) in [6.07, 6.45) is 9.75. The van der Waals surface area contributed by atoms with Crippen molar-refractivity contribution in [1.82, 2.24) is 30.0 Å². The van der Waals surface area contributed by atoms with E-state index >= 15 is 0 Å². The van der Waals surface area contributed by atoms with Crippen molar-refractivity contribution >= 4 is 58.7 Å². The molecule has 0 aliphatic carbocycles. The topological polar surface area (TPSA) is 197 Å². The number of pyridine rings is 1. The van der Waals surface area contributed by atoms with Crippen molar-refractivity contribution in [1.29, 1.82) is 0 Å². The van der Waals surface area contributed by atoms with Gasteiger partial charge >= 0.3 is 0 Å². The Bertz CT molecular complexity index is 3140.